The zero-order chi connectivity index (χ0) is 12.5. The Morgan fingerprint density at radius 1 is 1.41 bits per heavy atom. The number of benzene rings is 1. The minimum Gasteiger partial charge on any atom is -0.463 e. The average molecular weight is 236 g/mol. The number of hydrogen-bond acceptors (Lipinski definition) is 4. The van der Waals surface area contributed by atoms with E-state index >= 15 is 0 Å². The Morgan fingerprint density at radius 2 is 2.12 bits per heavy atom. The molecule has 0 radical (unpaired) electrons. The highest BCUT2D eigenvalue weighted by atomic mass is 16.6. The van der Waals surface area contributed by atoms with Gasteiger partial charge in [0.1, 0.15) is 5.75 Å². The molecule has 0 saturated heterocycles. The minimum atomic E-state index is -1.16. The van der Waals surface area contributed by atoms with Crippen LogP contribution < -0.4 is 4.74 Å². The summed E-state index contributed by atoms with van der Waals surface area (Å²) in [6.07, 6.45) is 2.00. The number of aliphatic hydroxyl groups excluding tert-OH is 1. The van der Waals surface area contributed by atoms with Gasteiger partial charge in [-0.25, -0.2) is 4.79 Å². The Bertz CT molecular complexity index is 359. The molecule has 1 rings (SSSR count). The molecule has 0 aromatic heterocycles. The van der Waals surface area contributed by atoms with Crippen molar-refractivity contribution in [1.82, 2.24) is 0 Å². The minimum absolute atomic E-state index is 0.374. The van der Waals surface area contributed by atoms with Crippen LogP contribution in [0, 0.1) is 0 Å². The molecule has 1 unspecified atom stereocenters. The highest BCUT2D eigenvalue weighted by molar-refractivity contribution is 5.81. The fourth-order valence-corrected chi connectivity index (χ4v) is 1.09. The highest BCUT2D eigenvalue weighted by Gasteiger charge is 2.02. The fraction of sp³-hybridized carbons (Fsp3) is 0.308. The van der Waals surface area contributed by atoms with Crippen molar-refractivity contribution < 1.29 is 19.4 Å². The third kappa shape index (κ3) is 5.73. The van der Waals surface area contributed by atoms with Crippen LogP contribution in [0.15, 0.2) is 42.5 Å². The first-order chi connectivity index (χ1) is 8.22. The molecule has 0 heterocycles. The summed E-state index contributed by atoms with van der Waals surface area (Å²) >= 11 is 0. The standard InChI is InChI=1S/C13H16O4/c1-2-10-16-12(14)8-9-13(15)17-11-6-4-3-5-7-11/h3-9,13,15H,2,10H2,1H3. The van der Waals surface area contributed by atoms with Crippen molar-refractivity contribution in [3.63, 3.8) is 0 Å². The number of esters is 1. The average Bonchev–Trinajstić information content (AvgIpc) is 2.35. The van der Waals surface area contributed by atoms with Crippen LogP contribution in [0.1, 0.15) is 13.3 Å². The lowest BCUT2D eigenvalue weighted by atomic mass is 10.3. The number of carbonyl (C=O) groups excluding carboxylic acids is 1. The van der Waals surface area contributed by atoms with Crippen LogP contribution in [0.5, 0.6) is 5.75 Å². The number of ether oxygens (including phenoxy) is 2. The molecule has 1 aromatic carbocycles. The number of aliphatic hydroxyl groups is 1. The number of para-hydroxylation sites is 1. The molecule has 0 aliphatic carbocycles. The van der Waals surface area contributed by atoms with Crippen LogP contribution in [0.25, 0.3) is 0 Å². The van der Waals surface area contributed by atoms with Crippen molar-refractivity contribution in [2.75, 3.05) is 6.61 Å². The third-order valence-corrected chi connectivity index (χ3v) is 1.85. The second kappa shape index (κ2) is 7.46. The van der Waals surface area contributed by atoms with E-state index in [0.29, 0.717) is 12.4 Å². The van der Waals surface area contributed by atoms with Crippen LogP contribution in [0.3, 0.4) is 0 Å². The van der Waals surface area contributed by atoms with Gasteiger partial charge >= 0.3 is 5.97 Å². The molecule has 0 aliphatic heterocycles. The van der Waals surface area contributed by atoms with Crippen LogP contribution in [-0.4, -0.2) is 24.0 Å². The second-order valence-electron chi connectivity index (χ2n) is 3.35. The lowest BCUT2D eigenvalue weighted by Gasteiger charge is -2.08. The predicted molar refractivity (Wildman–Crippen MR) is 63.5 cm³/mol. The van der Waals surface area contributed by atoms with Crippen LogP contribution in [0.2, 0.25) is 0 Å². The molecule has 0 saturated carbocycles. The van der Waals surface area contributed by atoms with Crippen molar-refractivity contribution in [3.8, 4) is 5.75 Å². The van der Waals surface area contributed by atoms with Gasteiger partial charge < -0.3 is 14.6 Å². The molecule has 92 valence electrons. The van der Waals surface area contributed by atoms with E-state index in [9.17, 15) is 9.90 Å². The largest absolute Gasteiger partial charge is 0.463 e. The SMILES string of the molecule is CCCOC(=O)C=CC(O)Oc1ccccc1. The Kier molecular flexibility index (Phi) is 5.82. The quantitative estimate of drug-likeness (QED) is 0.465. The van der Waals surface area contributed by atoms with Gasteiger partial charge in [-0.1, -0.05) is 25.1 Å². The van der Waals surface area contributed by atoms with Crippen molar-refractivity contribution in [1.29, 1.82) is 0 Å². The lowest BCUT2D eigenvalue weighted by Crippen LogP contribution is -2.13. The van der Waals surface area contributed by atoms with Crippen molar-refractivity contribution in [3.05, 3.63) is 42.5 Å². The zero-order valence-corrected chi connectivity index (χ0v) is 9.70. The summed E-state index contributed by atoms with van der Waals surface area (Å²) in [5.41, 5.74) is 0. The van der Waals surface area contributed by atoms with Crippen molar-refractivity contribution in [2.24, 2.45) is 0 Å². The van der Waals surface area contributed by atoms with Crippen LogP contribution in [-0.2, 0) is 9.53 Å². The molecule has 17 heavy (non-hydrogen) atoms. The van der Waals surface area contributed by atoms with Crippen LogP contribution in [0.4, 0.5) is 0 Å². The van der Waals surface area contributed by atoms with Crippen LogP contribution >= 0.6 is 0 Å². The second-order valence-corrected chi connectivity index (χ2v) is 3.35. The molecule has 0 aliphatic rings. The summed E-state index contributed by atoms with van der Waals surface area (Å²) in [5, 5.41) is 9.46. The molecule has 4 nitrogen and oxygen atoms in total. The zero-order valence-electron chi connectivity index (χ0n) is 9.70. The molecule has 0 spiro atoms. The maximum Gasteiger partial charge on any atom is 0.330 e. The Hall–Kier alpha value is -1.81. The molecule has 1 aromatic rings. The van der Waals surface area contributed by atoms with E-state index in [0.717, 1.165) is 12.5 Å². The summed E-state index contributed by atoms with van der Waals surface area (Å²) in [7, 11) is 0. The number of rotatable bonds is 6. The van der Waals surface area contributed by atoms with Gasteiger partial charge in [0.25, 0.3) is 0 Å². The van der Waals surface area contributed by atoms with E-state index in [-0.39, 0.29) is 0 Å². The van der Waals surface area contributed by atoms with Crippen molar-refractivity contribution >= 4 is 5.97 Å². The van der Waals surface area contributed by atoms with Gasteiger partial charge in [-0.05, 0) is 24.6 Å². The van der Waals surface area contributed by atoms with Gasteiger partial charge in [-0.2, -0.15) is 0 Å². The van der Waals surface area contributed by atoms with E-state index < -0.39 is 12.3 Å². The van der Waals surface area contributed by atoms with Gasteiger partial charge in [-0.3, -0.25) is 0 Å². The normalized spacial score (nSPS) is 12.4. The number of hydrogen-bond donors (Lipinski definition) is 1. The van der Waals surface area contributed by atoms with Crippen molar-refractivity contribution in [2.45, 2.75) is 19.6 Å². The fourth-order valence-electron chi connectivity index (χ4n) is 1.09. The maximum atomic E-state index is 11.1. The first-order valence-corrected chi connectivity index (χ1v) is 5.47. The first kappa shape index (κ1) is 13.3. The van der Waals surface area contributed by atoms with E-state index in [1.54, 1.807) is 24.3 Å². The smallest absolute Gasteiger partial charge is 0.330 e. The molecule has 0 bridgehead atoms. The lowest BCUT2D eigenvalue weighted by molar-refractivity contribution is -0.137. The summed E-state index contributed by atoms with van der Waals surface area (Å²) in [5.74, 6) is 0.0501. The van der Waals surface area contributed by atoms with E-state index in [1.165, 1.54) is 6.08 Å². The van der Waals surface area contributed by atoms with Gasteiger partial charge in [0.15, 0.2) is 0 Å². The predicted octanol–water partition coefficient (Wildman–Crippen LogP) is 1.89. The molecule has 0 amide bonds. The van der Waals surface area contributed by atoms with Gasteiger partial charge in [0, 0.05) is 6.08 Å². The summed E-state index contributed by atoms with van der Waals surface area (Å²) in [4.78, 5) is 11.1. The highest BCUT2D eigenvalue weighted by Crippen LogP contribution is 2.10. The Morgan fingerprint density at radius 3 is 2.76 bits per heavy atom. The third-order valence-electron chi connectivity index (χ3n) is 1.85. The molecule has 0 fully saturated rings. The first-order valence-electron chi connectivity index (χ1n) is 5.47. The Labute approximate surface area is 100 Å². The molecular formula is C13H16O4. The summed E-state index contributed by atoms with van der Waals surface area (Å²) in [6.45, 7) is 2.28. The van der Waals surface area contributed by atoms with E-state index in [4.69, 9.17) is 9.47 Å². The maximum absolute atomic E-state index is 11.1. The topological polar surface area (TPSA) is 55.8 Å². The molecule has 4 heteroatoms. The monoisotopic (exact) mass is 236 g/mol. The molecule has 1 atom stereocenters. The van der Waals surface area contributed by atoms with Gasteiger partial charge in [0.2, 0.25) is 6.29 Å². The summed E-state index contributed by atoms with van der Waals surface area (Å²) in [6, 6.07) is 8.86. The molecular weight excluding hydrogens is 220 g/mol. The van der Waals surface area contributed by atoms with E-state index in [2.05, 4.69) is 0 Å². The van der Waals surface area contributed by atoms with E-state index in [1.807, 2.05) is 13.0 Å². The Balaban J connectivity index is 2.36. The molecule has 1 N–H and O–H groups in total. The van der Waals surface area contributed by atoms with Gasteiger partial charge in [-0.15, -0.1) is 0 Å². The van der Waals surface area contributed by atoms with Gasteiger partial charge in [0.05, 0.1) is 6.61 Å². The number of carbonyl (C=O) groups is 1. The summed E-state index contributed by atoms with van der Waals surface area (Å²) < 4.78 is 9.93.